The second-order valence-corrected chi connectivity index (χ2v) is 2.51. The summed E-state index contributed by atoms with van der Waals surface area (Å²) in [4.78, 5) is 0. The summed E-state index contributed by atoms with van der Waals surface area (Å²) in [5, 5.41) is 21.0. The SMILES string of the molecule is CN[C@@H]1C[C@H](O)COC1O. The van der Waals surface area contributed by atoms with Crippen molar-refractivity contribution in [3.05, 3.63) is 0 Å². The largest absolute Gasteiger partial charge is 0.391 e. The van der Waals surface area contributed by atoms with Crippen LogP contribution in [-0.4, -0.2) is 42.3 Å². The van der Waals surface area contributed by atoms with Crippen molar-refractivity contribution in [3.8, 4) is 0 Å². The lowest BCUT2D eigenvalue weighted by Gasteiger charge is -2.30. The highest BCUT2D eigenvalue weighted by Gasteiger charge is 2.27. The third-order valence-corrected chi connectivity index (χ3v) is 1.70. The summed E-state index contributed by atoms with van der Waals surface area (Å²) < 4.78 is 4.84. The fourth-order valence-electron chi connectivity index (χ4n) is 1.06. The van der Waals surface area contributed by atoms with Gasteiger partial charge in [-0.3, -0.25) is 0 Å². The zero-order valence-corrected chi connectivity index (χ0v) is 5.95. The topological polar surface area (TPSA) is 61.7 Å². The minimum absolute atomic E-state index is 0.135. The van der Waals surface area contributed by atoms with Crippen molar-refractivity contribution < 1.29 is 14.9 Å². The molecule has 0 saturated carbocycles. The normalized spacial score (nSPS) is 41.7. The molecule has 0 aliphatic carbocycles. The van der Waals surface area contributed by atoms with E-state index >= 15 is 0 Å². The van der Waals surface area contributed by atoms with Crippen molar-refractivity contribution in [2.75, 3.05) is 13.7 Å². The van der Waals surface area contributed by atoms with Gasteiger partial charge in [-0.25, -0.2) is 0 Å². The third kappa shape index (κ3) is 1.67. The van der Waals surface area contributed by atoms with Crippen molar-refractivity contribution in [1.29, 1.82) is 0 Å². The predicted octanol–water partition coefficient (Wildman–Crippen LogP) is -1.33. The van der Waals surface area contributed by atoms with Crippen LogP contribution in [0, 0.1) is 0 Å². The molecule has 0 radical (unpaired) electrons. The van der Waals surface area contributed by atoms with Crippen LogP contribution < -0.4 is 5.32 Å². The van der Waals surface area contributed by atoms with Crippen molar-refractivity contribution >= 4 is 0 Å². The van der Waals surface area contributed by atoms with Crippen LogP contribution in [0.2, 0.25) is 0 Å². The highest BCUT2D eigenvalue weighted by atomic mass is 16.6. The average molecular weight is 147 g/mol. The summed E-state index contributed by atoms with van der Waals surface area (Å²) in [5.41, 5.74) is 0. The number of hydrogen-bond acceptors (Lipinski definition) is 4. The lowest BCUT2D eigenvalue weighted by molar-refractivity contribution is -0.171. The maximum atomic E-state index is 9.09. The van der Waals surface area contributed by atoms with Gasteiger partial charge in [-0.15, -0.1) is 0 Å². The van der Waals surface area contributed by atoms with E-state index in [1.807, 2.05) is 0 Å². The van der Waals surface area contributed by atoms with Crippen LogP contribution in [0.25, 0.3) is 0 Å². The molecule has 4 heteroatoms. The van der Waals surface area contributed by atoms with Gasteiger partial charge in [0.2, 0.25) is 0 Å². The van der Waals surface area contributed by atoms with E-state index in [2.05, 4.69) is 5.32 Å². The number of likely N-dealkylation sites (N-methyl/N-ethyl adjacent to an activating group) is 1. The van der Waals surface area contributed by atoms with Gasteiger partial charge in [0, 0.05) is 0 Å². The number of aliphatic hydroxyl groups excluding tert-OH is 2. The molecule has 1 aliphatic rings. The monoisotopic (exact) mass is 147 g/mol. The molecule has 1 aliphatic heterocycles. The molecular formula is C6H13NO3. The molecule has 0 bridgehead atoms. The Kier molecular flexibility index (Phi) is 2.62. The van der Waals surface area contributed by atoms with E-state index < -0.39 is 12.4 Å². The highest BCUT2D eigenvalue weighted by molar-refractivity contribution is 4.76. The molecule has 1 saturated heterocycles. The summed E-state index contributed by atoms with van der Waals surface area (Å²) in [6.07, 6.45) is -0.660. The summed E-state index contributed by atoms with van der Waals surface area (Å²) in [5.74, 6) is 0. The molecule has 0 aromatic rings. The van der Waals surface area contributed by atoms with E-state index in [0.29, 0.717) is 6.42 Å². The number of aliphatic hydroxyl groups is 2. The van der Waals surface area contributed by atoms with E-state index in [-0.39, 0.29) is 12.6 Å². The number of rotatable bonds is 1. The van der Waals surface area contributed by atoms with Gasteiger partial charge in [0.1, 0.15) is 0 Å². The Labute approximate surface area is 59.8 Å². The molecule has 1 fully saturated rings. The van der Waals surface area contributed by atoms with Gasteiger partial charge >= 0.3 is 0 Å². The van der Waals surface area contributed by atoms with Crippen molar-refractivity contribution in [2.24, 2.45) is 0 Å². The van der Waals surface area contributed by atoms with Crippen LogP contribution in [0.4, 0.5) is 0 Å². The first-order valence-electron chi connectivity index (χ1n) is 3.39. The zero-order chi connectivity index (χ0) is 7.56. The van der Waals surface area contributed by atoms with Gasteiger partial charge in [0.25, 0.3) is 0 Å². The molecule has 10 heavy (non-hydrogen) atoms. The molecule has 0 spiro atoms. The summed E-state index contributed by atoms with van der Waals surface area (Å²) in [6, 6.07) is -0.135. The molecule has 1 heterocycles. The van der Waals surface area contributed by atoms with Crippen LogP contribution in [0.15, 0.2) is 0 Å². The minimum atomic E-state index is -0.770. The Balaban J connectivity index is 2.38. The number of hydrogen-bond donors (Lipinski definition) is 3. The van der Waals surface area contributed by atoms with Crippen LogP contribution in [0.1, 0.15) is 6.42 Å². The van der Waals surface area contributed by atoms with Crippen LogP contribution in [0.5, 0.6) is 0 Å². The number of nitrogens with one attached hydrogen (secondary N) is 1. The Bertz CT molecular complexity index is 109. The van der Waals surface area contributed by atoms with Crippen LogP contribution in [0.3, 0.4) is 0 Å². The predicted molar refractivity (Wildman–Crippen MR) is 35.4 cm³/mol. The number of ether oxygens (including phenoxy) is 1. The molecule has 3 atom stereocenters. The van der Waals surface area contributed by atoms with Gasteiger partial charge in [-0.05, 0) is 13.5 Å². The van der Waals surface area contributed by atoms with E-state index in [4.69, 9.17) is 14.9 Å². The quantitative estimate of drug-likeness (QED) is 0.430. The molecule has 0 amide bonds. The second kappa shape index (κ2) is 3.30. The molecule has 0 aromatic heterocycles. The van der Waals surface area contributed by atoms with Gasteiger partial charge < -0.3 is 20.3 Å². The standard InChI is InChI=1S/C6H13NO3/c1-7-5-2-4(8)3-10-6(5)9/h4-9H,2-3H2,1H3/t4-,5+,6?/m0/s1. The van der Waals surface area contributed by atoms with Crippen molar-refractivity contribution in [2.45, 2.75) is 24.9 Å². The third-order valence-electron chi connectivity index (χ3n) is 1.70. The Morgan fingerprint density at radius 1 is 1.50 bits per heavy atom. The summed E-state index contributed by atoms with van der Waals surface area (Å²) >= 11 is 0. The van der Waals surface area contributed by atoms with Crippen molar-refractivity contribution in [1.82, 2.24) is 5.32 Å². The molecule has 1 rings (SSSR count). The van der Waals surface area contributed by atoms with Gasteiger partial charge in [0.05, 0.1) is 18.8 Å². The smallest absolute Gasteiger partial charge is 0.170 e. The maximum absolute atomic E-state index is 9.09. The van der Waals surface area contributed by atoms with Gasteiger partial charge in [-0.1, -0.05) is 0 Å². The Morgan fingerprint density at radius 2 is 2.20 bits per heavy atom. The second-order valence-electron chi connectivity index (χ2n) is 2.51. The minimum Gasteiger partial charge on any atom is -0.391 e. The Hall–Kier alpha value is -0.160. The lowest BCUT2D eigenvalue weighted by Crippen LogP contribution is -2.47. The lowest BCUT2D eigenvalue weighted by atomic mass is 10.1. The first-order chi connectivity index (χ1) is 4.74. The van der Waals surface area contributed by atoms with E-state index in [1.54, 1.807) is 7.05 Å². The van der Waals surface area contributed by atoms with Crippen LogP contribution in [-0.2, 0) is 4.74 Å². The van der Waals surface area contributed by atoms with Gasteiger partial charge in [-0.2, -0.15) is 0 Å². The van der Waals surface area contributed by atoms with E-state index in [1.165, 1.54) is 0 Å². The molecular weight excluding hydrogens is 134 g/mol. The average Bonchev–Trinajstić information content (AvgIpc) is 1.94. The van der Waals surface area contributed by atoms with E-state index in [0.717, 1.165) is 0 Å². The molecule has 3 N–H and O–H groups in total. The first kappa shape index (κ1) is 7.94. The van der Waals surface area contributed by atoms with Crippen LogP contribution >= 0.6 is 0 Å². The Morgan fingerprint density at radius 3 is 2.70 bits per heavy atom. The molecule has 0 aromatic carbocycles. The summed E-state index contributed by atoms with van der Waals surface area (Å²) in [6.45, 7) is 0.235. The van der Waals surface area contributed by atoms with Crippen molar-refractivity contribution in [3.63, 3.8) is 0 Å². The maximum Gasteiger partial charge on any atom is 0.170 e. The highest BCUT2D eigenvalue weighted by Crippen LogP contribution is 2.11. The first-order valence-corrected chi connectivity index (χ1v) is 3.39. The summed E-state index contributed by atoms with van der Waals surface area (Å²) in [7, 11) is 1.73. The molecule has 1 unspecified atom stereocenters. The fourth-order valence-corrected chi connectivity index (χ4v) is 1.06. The zero-order valence-electron chi connectivity index (χ0n) is 5.95. The fraction of sp³-hybridized carbons (Fsp3) is 1.00. The molecule has 60 valence electrons. The molecule has 4 nitrogen and oxygen atoms in total. The van der Waals surface area contributed by atoms with E-state index in [9.17, 15) is 0 Å². The van der Waals surface area contributed by atoms with Gasteiger partial charge in [0.15, 0.2) is 6.29 Å².